The number of alkyl halides is 2. The number of aromatic nitrogens is 7. The first-order valence-corrected chi connectivity index (χ1v) is 12.2. The Morgan fingerprint density at radius 1 is 1.03 bits per heavy atom. The SMILES string of the molecule is Cc1cc(C)n2cc(CSc3nnc(-c4cccnc4)n3-c3ccc(SC(F)F)cc3)nc2n1. The van der Waals surface area contributed by atoms with E-state index in [9.17, 15) is 8.78 Å². The molecule has 34 heavy (non-hydrogen) atoms. The van der Waals surface area contributed by atoms with Gasteiger partial charge in [0.1, 0.15) is 0 Å². The van der Waals surface area contributed by atoms with Crippen LogP contribution in [0.25, 0.3) is 22.9 Å². The molecule has 5 rings (SSSR count). The molecule has 0 fully saturated rings. The van der Waals surface area contributed by atoms with Gasteiger partial charge in [0.25, 0.3) is 5.76 Å². The standard InChI is InChI=1S/C23H19F2N7S2/c1-14-10-15(2)31-12-17(28-22(31)27-14)13-33-23-30-29-20(16-4-3-9-26-11-16)32(23)18-5-7-19(8-6-18)34-21(24)25/h3-12,21H,13H2,1-2H3. The molecule has 0 radical (unpaired) electrons. The lowest BCUT2D eigenvalue weighted by atomic mass is 10.2. The fourth-order valence-electron chi connectivity index (χ4n) is 3.58. The van der Waals surface area contributed by atoms with E-state index >= 15 is 0 Å². The summed E-state index contributed by atoms with van der Waals surface area (Å²) >= 11 is 2.01. The van der Waals surface area contributed by atoms with E-state index < -0.39 is 5.76 Å². The Hall–Kier alpha value is -3.31. The molecule has 0 bridgehead atoms. The number of imidazole rings is 1. The molecule has 0 N–H and O–H groups in total. The lowest BCUT2D eigenvalue weighted by Gasteiger charge is -2.11. The van der Waals surface area contributed by atoms with Crippen molar-refractivity contribution in [3.8, 4) is 17.1 Å². The van der Waals surface area contributed by atoms with E-state index in [-0.39, 0.29) is 0 Å². The van der Waals surface area contributed by atoms with Gasteiger partial charge < -0.3 is 0 Å². The van der Waals surface area contributed by atoms with Gasteiger partial charge in [-0.15, -0.1) is 10.2 Å². The predicted octanol–water partition coefficient (Wildman–Crippen LogP) is 5.60. The summed E-state index contributed by atoms with van der Waals surface area (Å²) in [6.45, 7) is 3.97. The van der Waals surface area contributed by atoms with Gasteiger partial charge in [-0.2, -0.15) is 8.78 Å². The molecule has 7 nitrogen and oxygen atoms in total. The Morgan fingerprint density at radius 2 is 1.85 bits per heavy atom. The normalized spacial score (nSPS) is 11.6. The molecule has 11 heteroatoms. The molecule has 0 amide bonds. The summed E-state index contributed by atoms with van der Waals surface area (Å²) in [6, 6.07) is 12.7. The summed E-state index contributed by atoms with van der Waals surface area (Å²) in [6.07, 6.45) is 5.38. The van der Waals surface area contributed by atoms with Crippen LogP contribution in [0.15, 0.2) is 71.1 Å². The van der Waals surface area contributed by atoms with Crippen molar-refractivity contribution >= 4 is 29.3 Å². The molecule has 0 saturated heterocycles. The molecular formula is C23H19F2N7S2. The van der Waals surface area contributed by atoms with Crippen LogP contribution >= 0.6 is 23.5 Å². The van der Waals surface area contributed by atoms with Crippen molar-refractivity contribution in [1.29, 1.82) is 0 Å². The fourth-order valence-corrected chi connectivity index (χ4v) is 4.92. The van der Waals surface area contributed by atoms with Crippen LogP contribution in [0.2, 0.25) is 0 Å². The molecule has 1 aromatic carbocycles. The number of hydrogen-bond acceptors (Lipinski definition) is 7. The Kier molecular flexibility index (Phi) is 6.29. The van der Waals surface area contributed by atoms with Crippen LogP contribution in [-0.2, 0) is 5.75 Å². The van der Waals surface area contributed by atoms with Crippen LogP contribution in [0.3, 0.4) is 0 Å². The summed E-state index contributed by atoms with van der Waals surface area (Å²) in [5.74, 6) is -0.622. The van der Waals surface area contributed by atoms with Crippen molar-refractivity contribution < 1.29 is 8.78 Å². The van der Waals surface area contributed by atoms with Crippen LogP contribution in [0.5, 0.6) is 0 Å². The third kappa shape index (κ3) is 4.66. The number of benzene rings is 1. The minimum Gasteiger partial charge on any atom is -0.288 e. The highest BCUT2D eigenvalue weighted by Gasteiger charge is 2.18. The van der Waals surface area contributed by atoms with Gasteiger partial charge in [-0.1, -0.05) is 23.5 Å². The monoisotopic (exact) mass is 495 g/mol. The molecule has 5 aromatic rings. The number of pyridine rings is 1. The van der Waals surface area contributed by atoms with Crippen molar-refractivity contribution in [3.63, 3.8) is 0 Å². The molecule has 0 spiro atoms. The van der Waals surface area contributed by atoms with Crippen LogP contribution < -0.4 is 0 Å². The van der Waals surface area contributed by atoms with E-state index in [0.717, 1.165) is 28.3 Å². The van der Waals surface area contributed by atoms with Crippen LogP contribution in [0.4, 0.5) is 8.78 Å². The second kappa shape index (κ2) is 9.51. The van der Waals surface area contributed by atoms with Gasteiger partial charge in [-0.3, -0.25) is 14.0 Å². The molecule has 4 aromatic heterocycles. The maximum atomic E-state index is 12.7. The summed E-state index contributed by atoms with van der Waals surface area (Å²) in [7, 11) is 0. The number of hydrogen-bond donors (Lipinski definition) is 0. The van der Waals surface area contributed by atoms with Crippen LogP contribution in [-0.4, -0.2) is 39.9 Å². The smallest absolute Gasteiger partial charge is 0.288 e. The lowest BCUT2D eigenvalue weighted by molar-refractivity contribution is 0.252. The van der Waals surface area contributed by atoms with Gasteiger partial charge in [0, 0.05) is 51.9 Å². The molecule has 172 valence electrons. The van der Waals surface area contributed by atoms with E-state index in [0.29, 0.717) is 39.2 Å². The van der Waals surface area contributed by atoms with Gasteiger partial charge in [0.2, 0.25) is 5.78 Å². The van der Waals surface area contributed by atoms with Crippen LogP contribution in [0.1, 0.15) is 17.1 Å². The fraction of sp³-hybridized carbons (Fsp3) is 0.174. The molecular weight excluding hydrogens is 476 g/mol. The average Bonchev–Trinajstić information content (AvgIpc) is 3.42. The summed E-state index contributed by atoms with van der Waals surface area (Å²) in [5.41, 5.74) is 4.43. The van der Waals surface area contributed by atoms with E-state index in [4.69, 9.17) is 0 Å². The second-order valence-corrected chi connectivity index (χ2v) is 9.49. The third-order valence-electron chi connectivity index (χ3n) is 5.03. The first-order valence-electron chi connectivity index (χ1n) is 10.3. The number of rotatable bonds is 7. The Labute approximate surface area is 202 Å². The highest BCUT2D eigenvalue weighted by atomic mass is 32.2. The largest absolute Gasteiger partial charge is 0.288 e. The number of nitrogens with zero attached hydrogens (tertiary/aromatic N) is 7. The van der Waals surface area contributed by atoms with E-state index in [1.165, 1.54) is 11.8 Å². The first-order chi connectivity index (χ1) is 16.5. The van der Waals surface area contributed by atoms with Crippen molar-refractivity contribution in [2.75, 3.05) is 0 Å². The zero-order chi connectivity index (χ0) is 23.7. The highest BCUT2D eigenvalue weighted by molar-refractivity contribution is 7.99. The third-order valence-corrected chi connectivity index (χ3v) is 6.72. The van der Waals surface area contributed by atoms with E-state index in [2.05, 4.69) is 25.1 Å². The van der Waals surface area contributed by atoms with Gasteiger partial charge in [0.15, 0.2) is 11.0 Å². The molecule has 0 atom stereocenters. The van der Waals surface area contributed by atoms with Gasteiger partial charge >= 0.3 is 0 Å². The zero-order valence-corrected chi connectivity index (χ0v) is 19.9. The maximum Gasteiger partial charge on any atom is 0.288 e. The van der Waals surface area contributed by atoms with E-state index in [1.807, 2.05) is 47.2 Å². The van der Waals surface area contributed by atoms with Gasteiger partial charge in [0.05, 0.1) is 5.69 Å². The second-order valence-electron chi connectivity index (χ2n) is 7.49. The molecule has 0 aliphatic carbocycles. The van der Waals surface area contributed by atoms with Crippen molar-refractivity contribution in [3.05, 3.63) is 78.1 Å². The maximum absolute atomic E-state index is 12.7. The molecule has 0 unspecified atom stereocenters. The Bertz CT molecular complexity index is 1430. The quantitative estimate of drug-likeness (QED) is 0.272. The van der Waals surface area contributed by atoms with Crippen LogP contribution in [0, 0.1) is 13.8 Å². The number of aryl methyl sites for hydroxylation is 2. The first kappa shape index (κ1) is 22.5. The molecule has 4 heterocycles. The van der Waals surface area contributed by atoms with Gasteiger partial charge in [-0.25, -0.2) is 9.97 Å². The zero-order valence-electron chi connectivity index (χ0n) is 18.3. The highest BCUT2D eigenvalue weighted by Crippen LogP contribution is 2.31. The summed E-state index contributed by atoms with van der Waals surface area (Å²) in [5, 5.41) is 9.47. The predicted molar refractivity (Wildman–Crippen MR) is 128 cm³/mol. The van der Waals surface area contributed by atoms with Crippen molar-refractivity contribution in [1.82, 2.24) is 34.1 Å². The molecule has 0 saturated carbocycles. The minimum absolute atomic E-state index is 0.492. The lowest BCUT2D eigenvalue weighted by Crippen LogP contribution is -2.00. The number of fused-ring (bicyclic) bond motifs is 1. The average molecular weight is 496 g/mol. The number of halogens is 2. The number of thioether (sulfide) groups is 2. The molecule has 0 aliphatic rings. The minimum atomic E-state index is -2.47. The van der Waals surface area contributed by atoms with Gasteiger partial charge in [-0.05, 0) is 56.3 Å². The van der Waals surface area contributed by atoms with E-state index in [1.54, 1.807) is 36.7 Å². The summed E-state index contributed by atoms with van der Waals surface area (Å²) < 4.78 is 29.4. The Morgan fingerprint density at radius 3 is 2.59 bits per heavy atom. The summed E-state index contributed by atoms with van der Waals surface area (Å²) in [4.78, 5) is 13.8. The van der Waals surface area contributed by atoms with Crippen molar-refractivity contribution in [2.24, 2.45) is 0 Å². The molecule has 0 aliphatic heterocycles. The Balaban J connectivity index is 1.49. The topological polar surface area (TPSA) is 73.8 Å². The van der Waals surface area contributed by atoms with Crippen molar-refractivity contribution in [2.45, 2.75) is 35.4 Å².